The van der Waals surface area contributed by atoms with Crippen molar-refractivity contribution >= 4 is 0 Å². The molecular formula is C13H27NO2. The Labute approximate surface area is 99.9 Å². The molecule has 1 aliphatic rings. The molecule has 0 unspecified atom stereocenters. The Morgan fingerprint density at radius 3 is 2.62 bits per heavy atom. The first kappa shape index (κ1) is 13.9. The molecule has 1 rings (SSSR count). The van der Waals surface area contributed by atoms with Crippen LogP contribution >= 0.6 is 0 Å². The minimum atomic E-state index is 0.469. The Hall–Kier alpha value is -0.120. The summed E-state index contributed by atoms with van der Waals surface area (Å²) in [6.07, 6.45) is 4.02. The van der Waals surface area contributed by atoms with Crippen molar-refractivity contribution in [2.45, 2.75) is 52.2 Å². The van der Waals surface area contributed by atoms with Gasteiger partial charge in [0.1, 0.15) is 0 Å². The molecule has 0 aromatic rings. The largest absolute Gasteiger partial charge is 0.379 e. The predicted molar refractivity (Wildman–Crippen MR) is 66.7 cm³/mol. The summed E-state index contributed by atoms with van der Waals surface area (Å²) in [6, 6.07) is 0.696. The van der Waals surface area contributed by atoms with E-state index in [1.165, 1.54) is 19.3 Å². The van der Waals surface area contributed by atoms with Gasteiger partial charge >= 0.3 is 0 Å². The van der Waals surface area contributed by atoms with Gasteiger partial charge in [0, 0.05) is 12.6 Å². The third-order valence-corrected chi connectivity index (χ3v) is 2.81. The summed E-state index contributed by atoms with van der Waals surface area (Å²) in [5.74, 6) is 0.617. The lowest BCUT2D eigenvalue weighted by Gasteiger charge is -2.35. The summed E-state index contributed by atoms with van der Waals surface area (Å²) in [5, 5.41) is 3.50. The lowest BCUT2D eigenvalue weighted by molar-refractivity contribution is -0.0442. The van der Waals surface area contributed by atoms with E-state index >= 15 is 0 Å². The summed E-state index contributed by atoms with van der Waals surface area (Å²) < 4.78 is 11.2. The molecule has 0 atom stereocenters. The Kier molecular flexibility index (Phi) is 7.01. The number of nitrogens with one attached hydrogen (secondary N) is 1. The molecule has 16 heavy (non-hydrogen) atoms. The summed E-state index contributed by atoms with van der Waals surface area (Å²) in [5.41, 5.74) is 0. The first-order valence-corrected chi connectivity index (χ1v) is 6.65. The molecule has 0 bridgehead atoms. The molecule has 3 heteroatoms. The van der Waals surface area contributed by atoms with Gasteiger partial charge in [-0.25, -0.2) is 0 Å². The molecule has 0 radical (unpaired) electrons. The predicted octanol–water partition coefficient (Wildman–Crippen LogP) is 2.21. The zero-order chi connectivity index (χ0) is 11.8. The van der Waals surface area contributed by atoms with E-state index in [1.54, 1.807) is 0 Å². The summed E-state index contributed by atoms with van der Waals surface area (Å²) in [6.45, 7) is 9.99. The van der Waals surface area contributed by atoms with Crippen molar-refractivity contribution in [1.29, 1.82) is 0 Å². The molecular weight excluding hydrogens is 202 g/mol. The second-order valence-corrected chi connectivity index (χ2v) is 5.08. The fraction of sp³-hybridized carbons (Fsp3) is 1.00. The third-order valence-electron chi connectivity index (χ3n) is 2.81. The molecule has 0 heterocycles. The van der Waals surface area contributed by atoms with E-state index in [2.05, 4.69) is 26.1 Å². The van der Waals surface area contributed by atoms with Crippen molar-refractivity contribution < 1.29 is 9.47 Å². The van der Waals surface area contributed by atoms with Crippen LogP contribution in [0.3, 0.4) is 0 Å². The van der Waals surface area contributed by atoms with Gasteiger partial charge in [-0.2, -0.15) is 0 Å². The van der Waals surface area contributed by atoms with Crippen molar-refractivity contribution in [3.8, 4) is 0 Å². The van der Waals surface area contributed by atoms with Crippen LogP contribution in [0, 0.1) is 5.92 Å². The third kappa shape index (κ3) is 5.83. The van der Waals surface area contributed by atoms with Gasteiger partial charge in [-0.3, -0.25) is 0 Å². The highest BCUT2D eigenvalue weighted by atomic mass is 16.5. The quantitative estimate of drug-likeness (QED) is 0.615. The second kappa shape index (κ2) is 8.04. The van der Waals surface area contributed by atoms with E-state index in [1.807, 2.05) is 0 Å². The SMILES string of the molecule is CCCNC1CC(OCCOCC(C)C)C1. The van der Waals surface area contributed by atoms with Gasteiger partial charge < -0.3 is 14.8 Å². The molecule has 0 aromatic heterocycles. The van der Waals surface area contributed by atoms with Gasteiger partial charge in [0.25, 0.3) is 0 Å². The Morgan fingerprint density at radius 2 is 2.00 bits per heavy atom. The first-order valence-electron chi connectivity index (χ1n) is 6.65. The molecule has 1 saturated carbocycles. The lowest BCUT2D eigenvalue weighted by Crippen LogP contribution is -2.45. The Bertz CT molecular complexity index is 167. The molecule has 0 aromatic carbocycles. The topological polar surface area (TPSA) is 30.5 Å². The van der Waals surface area contributed by atoms with Gasteiger partial charge in [-0.1, -0.05) is 20.8 Å². The van der Waals surface area contributed by atoms with E-state index < -0.39 is 0 Å². The van der Waals surface area contributed by atoms with E-state index in [-0.39, 0.29) is 0 Å². The van der Waals surface area contributed by atoms with Gasteiger partial charge in [-0.15, -0.1) is 0 Å². The molecule has 96 valence electrons. The van der Waals surface area contributed by atoms with Crippen LogP contribution in [-0.4, -0.2) is 38.5 Å². The average molecular weight is 229 g/mol. The zero-order valence-electron chi connectivity index (χ0n) is 11.0. The maximum absolute atomic E-state index is 5.70. The number of hydrogen-bond donors (Lipinski definition) is 1. The Balaban J connectivity index is 1.82. The molecule has 1 N–H and O–H groups in total. The fourth-order valence-electron chi connectivity index (χ4n) is 1.81. The standard InChI is InChI=1S/C13H27NO2/c1-4-5-14-12-8-13(9-12)16-7-6-15-10-11(2)3/h11-14H,4-10H2,1-3H3. The molecule has 0 spiro atoms. The number of hydrogen-bond acceptors (Lipinski definition) is 3. The highest BCUT2D eigenvalue weighted by Crippen LogP contribution is 2.23. The van der Waals surface area contributed by atoms with Gasteiger partial charge in [0.15, 0.2) is 0 Å². The second-order valence-electron chi connectivity index (χ2n) is 5.08. The van der Waals surface area contributed by atoms with Crippen LogP contribution in [0.1, 0.15) is 40.0 Å². The number of ether oxygens (including phenoxy) is 2. The van der Waals surface area contributed by atoms with Crippen LogP contribution in [-0.2, 0) is 9.47 Å². The molecule has 3 nitrogen and oxygen atoms in total. The zero-order valence-corrected chi connectivity index (χ0v) is 11.0. The van der Waals surface area contributed by atoms with Crippen LogP contribution in [0.4, 0.5) is 0 Å². The fourth-order valence-corrected chi connectivity index (χ4v) is 1.81. The monoisotopic (exact) mass is 229 g/mol. The Morgan fingerprint density at radius 1 is 1.25 bits per heavy atom. The highest BCUT2D eigenvalue weighted by molar-refractivity contribution is 4.85. The normalized spacial score (nSPS) is 24.8. The molecule has 0 amide bonds. The smallest absolute Gasteiger partial charge is 0.0704 e. The minimum Gasteiger partial charge on any atom is -0.379 e. The van der Waals surface area contributed by atoms with Crippen LogP contribution in [0.5, 0.6) is 0 Å². The van der Waals surface area contributed by atoms with Crippen LogP contribution in [0.2, 0.25) is 0 Å². The molecule has 1 fully saturated rings. The minimum absolute atomic E-state index is 0.469. The van der Waals surface area contributed by atoms with Crippen molar-refractivity contribution in [3.05, 3.63) is 0 Å². The van der Waals surface area contributed by atoms with Crippen molar-refractivity contribution in [3.63, 3.8) is 0 Å². The van der Waals surface area contributed by atoms with E-state index in [4.69, 9.17) is 9.47 Å². The molecule has 0 aliphatic heterocycles. The molecule has 1 aliphatic carbocycles. The van der Waals surface area contributed by atoms with Gasteiger partial charge in [0.2, 0.25) is 0 Å². The van der Waals surface area contributed by atoms with Crippen molar-refractivity contribution in [1.82, 2.24) is 5.32 Å². The molecule has 0 saturated heterocycles. The summed E-state index contributed by atoms with van der Waals surface area (Å²) in [7, 11) is 0. The maximum atomic E-state index is 5.70. The summed E-state index contributed by atoms with van der Waals surface area (Å²) >= 11 is 0. The average Bonchev–Trinajstić information content (AvgIpc) is 2.18. The van der Waals surface area contributed by atoms with Gasteiger partial charge in [0.05, 0.1) is 19.3 Å². The van der Waals surface area contributed by atoms with Crippen molar-refractivity contribution in [2.75, 3.05) is 26.4 Å². The number of rotatable bonds is 9. The summed E-state index contributed by atoms with van der Waals surface area (Å²) in [4.78, 5) is 0. The van der Waals surface area contributed by atoms with Crippen LogP contribution < -0.4 is 5.32 Å². The van der Waals surface area contributed by atoms with Gasteiger partial charge in [-0.05, 0) is 31.7 Å². The van der Waals surface area contributed by atoms with E-state index in [9.17, 15) is 0 Å². The van der Waals surface area contributed by atoms with Crippen LogP contribution in [0.25, 0.3) is 0 Å². The van der Waals surface area contributed by atoms with E-state index in [0.29, 0.717) is 18.1 Å². The first-order chi connectivity index (χ1) is 7.72. The maximum Gasteiger partial charge on any atom is 0.0704 e. The highest BCUT2D eigenvalue weighted by Gasteiger charge is 2.28. The van der Waals surface area contributed by atoms with Crippen molar-refractivity contribution in [2.24, 2.45) is 5.92 Å². The lowest BCUT2D eigenvalue weighted by atomic mass is 9.89. The van der Waals surface area contributed by atoms with Crippen LogP contribution in [0.15, 0.2) is 0 Å². The van der Waals surface area contributed by atoms with E-state index in [0.717, 1.165) is 26.4 Å².